The number of methoxy groups -OCH3 is 1. The average Bonchev–Trinajstić information content (AvgIpc) is 2.38. The third-order valence-corrected chi connectivity index (χ3v) is 2.62. The number of urea groups is 1. The number of anilines is 1. The standard InChI is InChI=1S/C12H17N3O4/c1-8(7-19-3)15(2)12(18)14-9-4-5-10(11(16)17)13-6-9/h4-6,8H,7H2,1-3H3,(H,14,18)(H,16,17). The highest BCUT2D eigenvalue weighted by atomic mass is 16.5. The average molecular weight is 267 g/mol. The molecule has 104 valence electrons. The van der Waals surface area contributed by atoms with E-state index < -0.39 is 5.97 Å². The van der Waals surface area contributed by atoms with E-state index in [1.807, 2.05) is 6.92 Å². The van der Waals surface area contributed by atoms with Gasteiger partial charge < -0.3 is 20.1 Å². The Labute approximate surface area is 111 Å². The Morgan fingerprint density at radius 3 is 2.68 bits per heavy atom. The summed E-state index contributed by atoms with van der Waals surface area (Å²) in [5.74, 6) is -1.11. The first-order chi connectivity index (χ1) is 8.95. The normalized spacial score (nSPS) is 11.7. The van der Waals surface area contributed by atoms with Gasteiger partial charge >= 0.3 is 12.0 Å². The Hall–Kier alpha value is -2.15. The predicted molar refractivity (Wildman–Crippen MR) is 69.3 cm³/mol. The minimum Gasteiger partial charge on any atom is -0.477 e. The van der Waals surface area contributed by atoms with Crippen molar-refractivity contribution in [2.45, 2.75) is 13.0 Å². The highest BCUT2D eigenvalue weighted by Crippen LogP contribution is 2.08. The number of ether oxygens (including phenoxy) is 1. The molecule has 1 aromatic rings. The number of carbonyl (C=O) groups excluding carboxylic acids is 1. The van der Waals surface area contributed by atoms with Gasteiger partial charge in [-0.15, -0.1) is 0 Å². The van der Waals surface area contributed by atoms with Crippen LogP contribution < -0.4 is 5.32 Å². The van der Waals surface area contributed by atoms with Crippen LogP contribution in [-0.2, 0) is 4.74 Å². The largest absolute Gasteiger partial charge is 0.477 e. The molecule has 1 heterocycles. The SMILES string of the molecule is COCC(C)N(C)C(=O)Nc1ccc(C(=O)O)nc1. The van der Waals surface area contributed by atoms with Gasteiger partial charge in [-0.1, -0.05) is 0 Å². The fraction of sp³-hybridized carbons (Fsp3) is 0.417. The number of carboxylic acid groups (broad SMARTS) is 1. The first-order valence-corrected chi connectivity index (χ1v) is 5.67. The molecular formula is C12H17N3O4. The van der Waals surface area contributed by atoms with Crippen molar-refractivity contribution in [3.05, 3.63) is 24.0 Å². The van der Waals surface area contributed by atoms with Crippen molar-refractivity contribution in [2.75, 3.05) is 26.1 Å². The van der Waals surface area contributed by atoms with Crippen molar-refractivity contribution >= 4 is 17.7 Å². The van der Waals surface area contributed by atoms with Crippen LogP contribution in [0.25, 0.3) is 0 Å². The van der Waals surface area contributed by atoms with Crippen molar-refractivity contribution in [3.63, 3.8) is 0 Å². The Kier molecular flexibility index (Phi) is 5.25. The van der Waals surface area contributed by atoms with E-state index in [1.54, 1.807) is 14.2 Å². The van der Waals surface area contributed by atoms with Crippen molar-refractivity contribution in [1.82, 2.24) is 9.88 Å². The molecule has 0 aliphatic rings. The van der Waals surface area contributed by atoms with Gasteiger partial charge in [-0.2, -0.15) is 0 Å². The first-order valence-electron chi connectivity index (χ1n) is 5.67. The van der Waals surface area contributed by atoms with E-state index in [-0.39, 0.29) is 17.8 Å². The number of aromatic carboxylic acids is 1. The molecule has 0 fully saturated rings. The number of carbonyl (C=O) groups is 2. The number of nitrogens with zero attached hydrogens (tertiary/aromatic N) is 2. The highest BCUT2D eigenvalue weighted by Gasteiger charge is 2.15. The Bertz CT molecular complexity index is 447. The Morgan fingerprint density at radius 1 is 1.53 bits per heavy atom. The highest BCUT2D eigenvalue weighted by molar-refractivity contribution is 5.90. The molecule has 1 unspecified atom stereocenters. The molecule has 0 spiro atoms. The number of likely N-dealkylation sites (N-methyl/N-ethyl adjacent to an activating group) is 1. The van der Waals surface area contributed by atoms with Gasteiger partial charge in [-0.3, -0.25) is 0 Å². The van der Waals surface area contributed by atoms with Crippen LogP contribution in [0, 0.1) is 0 Å². The second-order valence-corrected chi connectivity index (χ2v) is 4.08. The summed E-state index contributed by atoms with van der Waals surface area (Å²) in [4.78, 5) is 27.7. The molecule has 7 nitrogen and oxygen atoms in total. The van der Waals surface area contributed by atoms with Gasteiger partial charge in [0.1, 0.15) is 5.69 Å². The van der Waals surface area contributed by atoms with E-state index in [2.05, 4.69) is 10.3 Å². The topological polar surface area (TPSA) is 91.8 Å². The fourth-order valence-corrected chi connectivity index (χ4v) is 1.36. The third-order valence-electron chi connectivity index (χ3n) is 2.62. The van der Waals surface area contributed by atoms with Crippen LogP contribution in [0.4, 0.5) is 10.5 Å². The number of amides is 2. The van der Waals surface area contributed by atoms with Crippen molar-refractivity contribution in [2.24, 2.45) is 0 Å². The molecule has 1 atom stereocenters. The van der Waals surface area contributed by atoms with Crippen molar-refractivity contribution in [3.8, 4) is 0 Å². The van der Waals surface area contributed by atoms with Crippen LogP contribution in [0.5, 0.6) is 0 Å². The molecule has 0 saturated carbocycles. The summed E-state index contributed by atoms with van der Waals surface area (Å²) in [6.45, 7) is 2.29. The Balaban J connectivity index is 2.63. The van der Waals surface area contributed by atoms with E-state index in [1.165, 1.54) is 23.2 Å². The molecule has 0 aliphatic heterocycles. The van der Waals surface area contributed by atoms with E-state index in [9.17, 15) is 9.59 Å². The molecule has 0 bridgehead atoms. The fourth-order valence-electron chi connectivity index (χ4n) is 1.36. The maximum absolute atomic E-state index is 11.9. The van der Waals surface area contributed by atoms with Crippen molar-refractivity contribution < 1.29 is 19.4 Å². The molecule has 2 amide bonds. The zero-order valence-electron chi connectivity index (χ0n) is 11.1. The minimum absolute atomic E-state index is 0.0703. The van der Waals surface area contributed by atoms with Gasteiger partial charge in [0.25, 0.3) is 0 Å². The summed E-state index contributed by atoms with van der Waals surface area (Å²) in [5, 5.41) is 11.3. The molecule has 0 saturated heterocycles. The van der Waals surface area contributed by atoms with E-state index in [0.29, 0.717) is 12.3 Å². The van der Waals surface area contributed by atoms with E-state index in [0.717, 1.165) is 0 Å². The molecule has 2 N–H and O–H groups in total. The van der Waals surface area contributed by atoms with Gasteiger partial charge in [0.05, 0.1) is 24.5 Å². The molecule has 19 heavy (non-hydrogen) atoms. The molecule has 0 radical (unpaired) electrons. The zero-order chi connectivity index (χ0) is 14.4. The predicted octanol–water partition coefficient (Wildman–Crippen LogP) is 1.28. The number of nitrogens with one attached hydrogen (secondary N) is 1. The lowest BCUT2D eigenvalue weighted by atomic mass is 10.3. The van der Waals surface area contributed by atoms with Gasteiger partial charge in [0.15, 0.2) is 0 Å². The lowest BCUT2D eigenvalue weighted by Crippen LogP contribution is -2.40. The summed E-state index contributed by atoms with van der Waals surface area (Å²) in [6.07, 6.45) is 1.30. The maximum atomic E-state index is 11.9. The summed E-state index contributed by atoms with van der Waals surface area (Å²) < 4.78 is 4.97. The molecular weight excluding hydrogens is 250 g/mol. The van der Waals surface area contributed by atoms with E-state index in [4.69, 9.17) is 9.84 Å². The lowest BCUT2D eigenvalue weighted by molar-refractivity contribution is 0.0690. The minimum atomic E-state index is -1.11. The van der Waals surface area contributed by atoms with Crippen LogP contribution in [0.2, 0.25) is 0 Å². The van der Waals surface area contributed by atoms with E-state index >= 15 is 0 Å². The zero-order valence-corrected chi connectivity index (χ0v) is 11.1. The van der Waals surface area contributed by atoms with Gasteiger partial charge in [0.2, 0.25) is 0 Å². The maximum Gasteiger partial charge on any atom is 0.354 e. The van der Waals surface area contributed by atoms with Crippen LogP contribution in [-0.4, -0.2) is 53.8 Å². The van der Waals surface area contributed by atoms with Crippen LogP contribution in [0.3, 0.4) is 0 Å². The van der Waals surface area contributed by atoms with Crippen LogP contribution in [0.1, 0.15) is 17.4 Å². The lowest BCUT2D eigenvalue weighted by Gasteiger charge is -2.24. The summed E-state index contributed by atoms with van der Waals surface area (Å²) >= 11 is 0. The summed E-state index contributed by atoms with van der Waals surface area (Å²) in [5.41, 5.74) is 0.366. The monoisotopic (exact) mass is 267 g/mol. The van der Waals surface area contributed by atoms with Gasteiger partial charge in [0, 0.05) is 14.2 Å². The third kappa shape index (κ3) is 4.22. The molecule has 0 aromatic carbocycles. The molecule has 0 aliphatic carbocycles. The number of hydrogen-bond acceptors (Lipinski definition) is 4. The Morgan fingerprint density at radius 2 is 2.21 bits per heavy atom. The summed E-state index contributed by atoms with van der Waals surface area (Å²) in [7, 11) is 3.22. The van der Waals surface area contributed by atoms with Gasteiger partial charge in [-0.25, -0.2) is 14.6 Å². The number of hydrogen-bond donors (Lipinski definition) is 2. The second-order valence-electron chi connectivity index (χ2n) is 4.08. The molecule has 1 rings (SSSR count). The number of pyridine rings is 1. The molecule has 1 aromatic heterocycles. The quantitative estimate of drug-likeness (QED) is 0.838. The number of rotatable bonds is 5. The van der Waals surface area contributed by atoms with Gasteiger partial charge in [-0.05, 0) is 19.1 Å². The molecule has 7 heteroatoms. The first kappa shape index (κ1) is 14.9. The second kappa shape index (κ2) is 6.69. The number of aromatic nitrogens is 1. The smallest absolute Gasteiger partial charge is 0.354 e. The van der Waals surface area contributed by atoms with Crippen LogP contribution in [0.15, 0.2) is 18.3 Å². The van der Waals surface area contributed by atoms with Crippen molar-refractivity contribution in [1.29, 1.82) is 0 Å². The number of carboxylic acids is 1. The van der Waals surface area contributed by atoms with Crippen LogP contribution >= 0.6 is 0 Å². The summed E-state index contributed by atoms with van der Waals surface area (Å²) in [6, 6.07) is 2.44.